The zero-order valence-electron chi connectivity index (χ0n) is 17.0. The third-order valence-electron chi connectivity index (χ3n) is 5.51. The van der Waals surface area contributed by atoms with Gasteiger partial charge in [-0.25, -0.2) is 4.70 Å². The molecular formula is C25H30N2. The van der Waals surface area contributed by atoms with E-state index >= 15 is 0 Å². The molecule has 0 aromatic heterocycles. The van der Waals surface area contributed by atoms with Crippen molar-refractivity contribution < 1.29 is 4.70 Å². The monoisotopic (exact) mass is 358 g/mol. The first kappa shape index (κ1) is 19.3. The maximum absolute atomic E-state index is 11.2. The highest BCUT2D eigenvalue weighted by molar-refractivity contribution is 5.81. The summed E-state index contributed by atoms with van der Waals surface area (Å²) < 4.78 is 1.43. The van der Waals surface area contributed by atoms with Crippen LogP contribution in [0.2, 0.25) is 0 Å². The van der Waals surface area contributed by atoms with Gasteiger partial charge in [-0.05, 0) is 68.0 Å². The van der Waals surface area contributed by atoms with E-state index < -0.39 is 0 Å². The number of allylic oxidation sites excluding steroid dienone is 2. The lowest BCUT2D eigenvalue weighted by molar-refractivity contribution is -0.345. The quantitative estimate of drug-likeness (QED) is 0.468. The van der Waals surface area contributed by atoms with Crippen LogP contribution in [0.4, 0.5) is 0 Å². The summed E-state index contributed by atoms with van der Waals surface area (Å²) >= 11 is 0. The smallest absolute Gasteiger partial charge is 0.211 e. The summed E-state index contributed by atoms with van der Waals surface area (Å²) in [6, 6.07) is 17.1. The predicted octanol–water partition coefficient (Wildman–Crippen LogP) is 7.19. The molecule has 0 fully saturated rings. The number of hydrogen-bond acceptors (Lipinski definition) is 0. The molecule has 0 spiro atoms. The second-order valence-corrected chi connectivity index (χ2v) is 7.32. The Morgan fingerprint density at radius 1 is 0.815 bits per heavy atom. The zero-order chi connectivity index (χ0) is 19.4. The van der Waals surface area contributed by atoms with Crippen molar-refractivity contribution in [2.45, 2.75) is 59.8 Å². The predicted molar refractivity (Wildman–Crippen MR) is 114 cm³/mol. The summed E-state index contributed by atoms with van der Waals surface area (Å²) in [7, 11) is 0. The summed E-state index contributed by atoms with van der Waals surface area (Å²) in [6.07, 6.45) is 5.24. The van der Waals surface area contributed by atoms with E-state index in [0.717, 1.165) is 54.6 Å². The first-order valence-corrected chi connectivity index (χ1v) is 10.2. The molecule has 0 atom stereocenters. The number of unbranched alkanes of at least 4 members (excludes halogenated alkanes) is 1. The summed E-state index contributed by atoms with van der Waals surface area (Å²) in [4.78, 5) is 0. The minimum absolute atomic E-state index is 0.924. The van der Waals surface area contributed by atoms with Gasteiger partial charge in [0.1, 0.15) is 0 Å². The number of aryl methyl sites for hydroxylation is 2. The lowest BCUT2D eigenvalue weighted by Gasteiger charge is -2.11. The molecule has 0 unspecified atom stereocenters. The van der Waals surface area contributed by atoms with Crippen molar-refractivity contribution in [2.24, 2.45) is 0 Å². The van der Waals surface area contributed by atoms with Crippen molar-refractivity contribution in [2.75, 3.05) is 0 Å². The van der Waals surface area contributed by atoms with Crippen molar-refractivity contribution >= 4 is 11.4 Å². The summed E-state index contributed by atoms with van der Waals surface area (Å²) in [5.74, 6) is 0. The average Bonchev–Trinajstić information content (AvgIpc) is 2.95. The second-order valence-electron chi connectivity index (χ2n) is 7.32. The summed E-state index contributed by atoms with van der Waals surface area (Å²) in [6.45, 7) is 8.70. The van der Waals surface area contributed by atoms with Gasteiger partial charge in [-0.15, -0.1) is 0 Å². The molecule has 0 saturated carbocycles. The van der Waals surface area contributed by atoms with Gasteiger partial charge in [0.05, 0.1) is 0 Å². The Morgan fingerprint density at radius 3 is 1.89 bits per heavy atom. The Kier molecular flexibility index (Phi) is 6.05. The van der Waals surface area contributed by atoms with Gasteiger partial charge in [0, 0.05) is 22.3 Å². The van der Waals surface area contributed by atoms with Gasteiger partial charge in [-0.2, -0.15) is 0 Å². The molecule has 1 aliphatic heterocycles. The molecular weight excluding hydrogens is 328 g/mol. The molecule has 0 amide bonds. The lowest BCUT2D eigenvalue weighted by atomic mass is 9.96. The van der Waals surface area contributed by atoms with Crippen LogP contribution in [0, 0.1) is 0 Å². The van der Waals surface area contributed by atoms with Gasteiger partial charge >= 0.3 is 0 Å². The van der Waals surface area contributed by atoms with Crippen LogP contribution in [0.3, 0.4) is 0 Å². The first-order valence-electron chi connectivity index (χ1n) is 10.2. The van der Waals surface area contributed by atoms with E-state index in [0.29, 0.717) is 0 Å². The normalized spacial score (nSPS) is 14.4. The molecule has 1 aliphatic rings. The van der Waals surface area contributed by atoms with Gasteiger partial charge in [0.25, 0.3) is 0 Å². The molecule has 1 heterocycles. The molecule has 2 heteroatoms. The summed E-state index contributed by atoms with van der Waals surface area (Å²) in [5, 5.41) is 0. The SMILES string of the molecule is CCCCC1=C(c2cccc(CC)c2)[N+](=[N-])C(c2cccc(CC)c2)=C1C. The van der Waals surface area contributed by atoms with Crippen molar-refractivity contribution in [3.8, 4) is 0 Å². The van der Waals surface area contributed by atoms with Crippen molar-refractivity contribution in [3.05, 3.63) is 87.5 Å². The highest BCUT2D eigenvalue weighted by Crippen LogP contribution is 2.42. The number of rotatable bonds is 7. The Labute approximate surface area is 163 Å². The van der Waals surface area contributed by atoms with E-state index in [1.54, 1.807) is 0 Å². The largest absolute Gasteiger partial charge is 0.493 e. The molecule has 2 aromatic rings. The van der Waals surface area contributed by atoms with Gasteiger partial charge < -0.3 is 5.53 Å². The molecule has 140 valence electrons. The Bertz CT molecular complexity index is 915. The molecule has 27 heavy (non-hydrogen) atoms. The van der Waals surface area contributed by atoms with Crippen LogP contribution >= 0.6 is 0 Å². The first-order chi connectivity index (χ1) is 13.1. The van der Waals surface area contributed by atoms with Crippen LogP contribution in [0.1, 0.15) is 69.2 Å². The third kappa shape index (κ3) is 3.80. The van der Waals surface area contributed by atoms with E-state index in [1.165, 1.54) is 27.0 Å². The van der Waals surface area contributed by atoms with Crippen LogP contribution < -0.4 is 0 Å². The molecule has 3 rings (SSSR count). The molecule has 2 aromatic carbocycles. The molecule has 0 aliphatic carbocycles. The fraction of sp³-hybridized carbons (Fsp3) is 0.360. The number of nitrogens with zero attached hydrogens (tertiary/aromatic N) is 2. The third-order valence-corrected chi connectivity index (χ3v) is 5.51. The maximum Gasteiger partial charge on any atom is 0.211 e. The lowest BCUT2D eigenvalue weighted by Crippen LogP contribution is -2.03. The minimum Gasteiger partial charge on any atom is -0.493 e. The molecule has 2 nitrogen and oxygen atoms in total. The summed E-state index contributed by atoms with van der Waals surface area (Å²) in [5.41, 5.74) is 20.3. The second kappa shape index (κ2) is 8.47. The highest BCUT2D eigenvalue weighted by atomic mass is 15.2. The van der Waals surface area contributed by atoms with E-state index in [-0.39, 0.29) is 0 Å². The van der Waals surface area contributed by atoms with E-state index in [9.17, 15) is 5.53 Å². The van der Waals surface area contributed by atoms with Crippen molar-refractivity contribution in [3.63, 3.8) is 0 Å². The van der Waals surface area contributed by atoms with Crippen LogP contribution in [0.15, 0.2) is 59.7 Å². The van der Waals surface area contributed by atoms with Gasteiger partial charge in [0.15, 0.2) is 0 Å². The van der Waals surface area contributed by atoms with Crippen LogP contribution in [-0.4, -0.2) is 4.70 Å². The fourth-order valence-electron chi connectivity index (χ4n) is 3.89. The topological polar surface area (TPSA) is 25.3 Å². The Hall–Kier alpha value is -2.48. The van der Waals surface area contributed by atoms with Gasteiger partial charge in [-0.1, -0.05) is 51.5 Å². The minimum atomic E-state index is 0.924. The van der Waals surface area contributed by atoms with Crippen molar-refractivity contribution in [1.82, 2.24) is 0 Å². The molecule has 0 N–H and O–H groups in total. The fourth-order valence-corrected chi connectivity index (χ4v) is 3.89. The number of benzene rings is 2. The molecule has 0 bridgehead atoms. The average molecular weight is 359 g/mol. The number of hydrogen-bond donors (Lipinski definition) is 0. The maximum atomic E-state index is 11.2. The zero-order valence-corrected chi connectivity index (χ0v) is 17.0. The van der Waals surface area contributed by atoms with E-state index in [1.807, 2.05) is 0 Å². The van der Waals surface area contributed by atoms with Gasteiger partial charge in [-0.3, -0.25) is 0 Å². The molecule has 0 saturated heterocycles. The van der Waals surface area contributed by atoms with Crippen LogP contribution in [0.25, 0.3) is 16.9 Å². The Balaban J connectivity index is 2.11. The van der Waals surface area contributed by atoms with Gasteiger partial charge in [0.2, 0.25) is 11.4 Å². The van der Waals surface area contributed by atoms with E-state index in [2.05, 4.69) is 76.2 Å². The van der Waals surface area contributed by atoms with Crippen LogP contribution in [0.5, 0.6) is 0 Å². The standard InChI is InChI=1S/C25H30N2/c1-5-8-15-23-18(4)24(21-13-9-11-19(6-2)16-21)27(26)25(23)22-14-10-12-20(7-3)17-22/h9-14,16-17H,5-8,15H2,1-4H3. The van der Waals surface area contributed by atoms with Crippen LogP contribution in [-0.2, 0) is 12.8 Å². The van der Waals surface area contributed by atoms with Crippen molar-refractivity contribution in [1.29, 1.82) is 0 Å². The van der Waals surface area contributed by atoms with E-state index in [4.69, 9.17) is 0 Å². The molecule has 0 radical (unpaired) electrons. The highest BCUT2D eigenvalue weighted by Gasteiger charge is 2.33. The Morgan fingerprint density at radius 2 is 1.37 bits per heavy atom.